The summed E-state index contributed by atoms with van der Waals surface area (Å²) in [5, 5.41) is 2.75. The van der Waals surface area contributed by atoms with Crippen molar-refractivity contribution >= 4 is 23.3 Å². The lowest BCUT2D eigenvalue weighted by Gasteiger charge is -2.13. The topological polar surface area (TPSA) is 81.7 Å². The molecule has 2 aromatic rings. The predicted octanol–water partition coefficient (Wildman–Crippen LogP) is 3.62. The number of hydrogen-bond acceptors (Lipinski definition) is 5. The Morgan fingerprint density at radius 1 is 1.00 bits per heavy atom. The van der Waals surface area contributed by atoms with Gasteiger partial charge in [-0.15, -0.1) is 0 Å². The number of anilines is 1. The van der Waals surface area contributed by atoms with Gasteiger partial charge in [0.05, 0.1) is 0 Å². The Labute approximate surface area is 158 Å². The summed E-state index contributed by atoms with van der Waals surface area (Å²) in [4.78, 5) is 35.7. The zero-order valence-electron chi connectivity index (χ0n) is 15.4. The molecule has 0 saturated carbocycles. The van der Waals surface area contributed by atoms with E-state index < -0.39 is 12.1 Å². The van der Waals surface area contributed by atoms with Crippen LogP contribution in [-0.4, -0.2) is 30.4 Å². The van der Waals surface area contributed by atoms with E-state index in [9.17, 15) is 14.4 Å². The minimum absolute atomic E-state index is 0.0714. The first kappa shape index (κ1) is 20.2. The molecule has 142 valence electrons. The SMILES string of the molecule is CCCC(=O)Nc1ccc(C(=O)COC(=O)C(C)Oc2ccccc2)cc1. The van der Waals surface area contributed by atoms with Crippen LogP contribution in [0.1, 0.15) is 37.0 Å². The minimum atomic E-state index is -0.823. The molecule has 0 radical (unpaired) electrons. The van der Waals surface area contributed by atoms with Crippen molar-refractivity contribution in [2.24, 2.45) is 0 Å². The zero-order chi connectivity index (χ0) is 19.6. The summed E-state index contributed by atoms with van der Waals surface area (Å²) >= 11 is 0. The molecule has 1 unspecified atom stereocenters. The lowest BCUT2D eigenvalue weighted by molar-refractivity contribution is -0.149. The first-order valence-electron chi connectivity index (χ1n) is 8.81. The molecule has 2 aromatic carbocycles. The van der Waals surface area contributed by atoms with E-state index in [0.717, 1.165) is 6.42 Å². The molecule has 0 aromatic heterocycles. The summed E-state index contributed by atoms with van der Waals surface area (Å²) in [7, 11) is 0. The number of carbonyl (C=O) groups excluding carboxylic acids is 3. The van der Waals surface area contributed by atoms with Gasteiger partial charge < -0.3 is 14.8 Å². The van der Waals surface area contributed by atoms with Crippen LogP contribution in [0.4, 0.5) is 5.69 Å². The van der Waals surface area contributed by atoms with Gasteiger partial charge in [0.25, 0.3) is 0 Å². The van der Waals surface area contributed by atoms with E-state index in [1.165, 1.54) is 0 Å². The number of amides is 1. The number of Topliss-reactive ketones (excluding diaryl/α,β-unsaturated/α-hetero) is 1. The third-order valence-corrected chi connectivity index (χ3v) is 3.70. The van der Waals surface area contributed by atoms with Gasteiger partial charge in [0.1, 0.15) is 5.75 Å². The Hall–Kier alpha value is -3.15. The van der Waals surface area contributed by atoms with Crippen molar-refractivity contribution in [2.45, 2.75) is 32.8 Å². The Bertz CT molecular complexity index is 771. The van der Waals surface area contributed by atoms with Crippen LogP contribution >= 0.6 is 0 Å². The van der Waals surface area contributed by atoms with E-state index in [-0.39, 0.29) is 18.3 Å². The van der Waals surface area contributed by atoms with Crippen LogP contribution < -0.4 is 10.1 Å². The van der Waals surface area contributed by atoms with Crippen LogP contribution in [0.25, 0.3) is 0 Å². The molecular weight excluding hydrogens is 346 g/mol. The molecule has 0 aliphatic heterocycles. The van der Waals surface area contributed by atoms with Crippen LogP contribution in [0.3, 0.4) is 0 Å². The Morgan fingerprint density at radius 2 is 1.67 bits per heavy atom. The maximum Gasteiger partial charge on any atom is 0.347 e. The number of ether oxygens (including phenoxy) is 2. The first-order valence-corrected chi connectivity index (χ1v) is 8.81. The largest absolute Gasteiger partial charge is 0.479 e. The number of nitrogens with one attached hydrogen (secondary N) is 1. The van der Waals surface area contributed by atoms with Crippen LogP contribution in [0.5, 0.6) is 5.75 Å². The summed E-state index contributed by atoms with van der Waals surface area (Å²) in [6.07, 6.45) is 0.386. The fourth-order valence-electron chi connectivity index (χ4n) is 2.28. The van der Waals surface area contributed by atoms with Gasteiger partial charge >= 0.3 is 5.97 Å². The third kappa shape index (κ3) is 6.58. The van der Waals surface area contributed by atoms with Crippen molar-refractivity contribution in [3.05, 3.63) is 60.2 Å². The maximum atomic E-state index is 12.2. The molecule has 6 heteroatoms. The highest BCUT2D eigenvalue weighted by atomic mass is 16.6. The minimum Gasteiger partial charge on any atom is -0.479 e. The Balaban J connectivity index is 1.82. The van der Waals surface area contributed by atoms with Gasteiger partial charge in [0, 0.05) is 17.7 Å². The van der Waals surface area contributed by atoms with Gasteiger partial charge in [-0.25, -0.2) is 4.79 Å². The molecule has 0 aliphatic rings. The number of carbonyl (C=O) groups is 3. The fraction of sp³-hybridized carbons (Fsp3) is 0.286. The summed E-state index contributed by atoms with van der Waals surface area (Å²) in [5.74, 6) is -0.468. The molecule has 0 fully saturated rings. The molecule has 0 spiro atoms. The third-order valence-electron chi connectivity index (χ3n) is 3.70. The average molecular weight is 369 g/mol. The molecule has 6 nitrogen and oxygen atoms in total. The molecule has 0 saturated heterocycles. The van der Waals surface area contributed by atoms with Crippen LogP contribution in [0, 0.1) is 0 Å². The van der Waals surface area contributed by atoms with E-state index in [1.54, 1.807) is 55.5 Å². The molecule has 0 bridgehead atoms. The maximum absolute atomic E-state index is 12.2. The van der Waals surface area contributed by atoms with E-state index in [4.69, 9.17) is 9.47 Å². The van der Waals surface area contributed by atoms with Gasteiger partial charge in [-0.1, -0.05) is 25.1 Å². The van der Waals surface area contributed by atoms with Crippen molar-refractivity contribution in [3.8, 4) is 5.75 Å². The van der Waals surface area contributed by atoms with Gasteiger partial charge in [-0.2, -0.15) is 0 Å². The van der Waals surface area contributed by atoms with Gasteiger partial charge in [0.15, 0.2) is 18.5 Å². The van der Waals surface area contributed by atoms with Crippen molar-refractivity contribution in [1.29, 1.82) is 0 Å². The normalized spacial score (nSPS) is 11.3. The van der Waals surface area contributed by atoms with Gasteiger partial charge in [-0.3, -0.25) is 9.59 Å². The lowest BCUT2D eigenvalue weighted by Crippen LogP contribution is -2.28. The van der Waals surface area contributed by atoms with Gasteiger partial charge in [-0.05, 0) is 49.7 Å². The molecule has 0 aliphatic carbocycles. The monoisotopic (exact) mass is 369 g/mol. The number of ketones is 1. The second-order valence-corrected chi connectivity index (χ2v) is 5.98. The molecule has 0 heterocycles. The number of benzene rings is 2. The van der Waals surface area contributed by atoms with Crippen molar-refractivity contribution in [3.63, 3.8) is 0 Å². The molecule has 1 N–H and O–H groups in total. The summed E-state index contributed by atoms with van der Waals surface area (Å²) in [6.45, 7) is 3.12. The summed E-state index contributed by atoms with van der Waals surface area (Å²) in [6, 6.07) is 15.4. The number of esters is 1. The van der Waals surface area contributed by atoms with E-state index in [0.29, 0.717) is 23.4 Å². The molecule has 1 amide bonds. The van der Waals surface area contributed by atoms with Crippen molar-refractivity contribution in [2.75, 3.05) is 11.9 Å². The van der Waals surface area contributed by atoms with E-state index in [1.807, 2.05) is 13.0 Å². The number of rotatable bonds is 9. The Morgan fingerprint density at radius 3 is 2.30 bits per heavy atom. The highest BCUT2D eigenvalue weighted by Crippen LogP contribution is 2.13. The predicted molar refractivity (Wildman–Crippen MR) is 102 cm³/mol. The Kier molecular flexibility index (Phi) is 7.55. The smallest absolute Gasteiger partial charge is 0.347 e. The van der Waals surface area contributed by atoms with Crippen molar-refractivity contribution < 1.29 is 23.9 Å². The zero-order valence-corrected chi connectivity index (χ0v) is 15.4. The van der Waals surface area contributed by atoms with E-state index >= 15 is 0 Å². The van der Waals surface area contributed by atoms with Crippen molar-refractivity contribution in [1.82, 2.24) is 0 Å². The molecular formula is C21H23NO5. The summed E-state index contributed by atoms with van der Waals surface area (Å²) in [5.41, 5.74) is 1.01. The first-order chi connectivity index (χ1) is 13.0. The standard InChI is InChI=1S/C21H23NO5/c1-3-7-20(24)22-17-12-10-16(11-13-17)19(23)14-26-21(25)15(2)27-18-8-5-4-6-9-18/h4-6,8-13,15H,3,7,14H2,1-2H3,(H,22,24). The van der Waals surface area contributed by atoms with Gasteiger partial charge in [0.2, 0.25) is 5.91 Å². The van der Waals surface area contributed by atoms with Crippen LogP contribution in [0.2, 0.25) is 0 Å². The van der Waals surface area contributed by atoms with E-state index in [2.05, 4.69) is 5.32 Å². The second-order valence-electron chi connectivity index (χ2n) is 5.98. The lowest BCUT2D eigenvalue weighted by atomic mass is 10.1. The second kappa shape index (κ2) is 10.1. The number of para-hydroxylation sites is 1. The average Bonchev–Trinajstić information content (AvgIpc) is 2.67. The molecule has 2 rings (SSSR count). The highest BCUT2D eigenvalue weighted by molar-refractivity contribution is 5.99. The fourth-order valence-corrected chi connectivity index (χ4v) is 2.28. The number of hydrogen-bond donors (Lipinski definition) is 1. The quantitative estimate of drug-likeness (QED) is 0.539. The molecule has 27 heavy (non-hydrogen) atoms. The molecule has 1 atom stereocenters. The van der Waals surface area contributed by atoms with Crippen LogP contribution in [0.15, 0.2) is 54.6 Å². The summed E-state index contributed by atoms with van der Waals surface area (Å²) < 4.78 is 10.5. The highest BCUT2D eigenvalue weighted by Gasteiger charge is 2.18. The van der Waals surface area contributed by atoms with Crippen LogP contribution in [-0.2, 0) is 14.3 Å².